The number of aromatic nitrogens is 2. The third-order valence-corrected chi connectivity index (χ3v) is 4.76. The van der Waals surface area contributed by atoms with Gasteiger partial charge in [0.25, 0.3) is 5.91 Å². The average Bonchev–Trinajstić information content (AvgIpc) is 2.59. The number of hydrogen-bond acceptors (Lipinski definition) is 5. The maximum Gasteiger partial charge on any atom is 0.251 e. The van der Waals surface area contributed by atoms with E-state index >= 15 is 0 Å². The highest BCUT2D eigenvalue weighted by atomic mass is 16.3. The summed E-state index contributed by atoms with van der Waals surface area (Å²) in [5, 5.41) is 17.1. The van der Waals surface area contributed by atoms with Gasteiger partial charge >= 0.3 is 0 Å². The lowest BCUT2D eigenvalue weighted by molar-refractivity contribution is 0.0889. The summed E-state index contributed by atoms with van der Waals surface area (Å²) in [7, 11) is 0. The number of hydrogen-bond donors (Lipinski definition) is 3. The van der Waals surface area contributed by atoms with E-state index in [-0.39, 0.29) is 24.6 Å². The zero-order valence-electron chi connectivity index (χ0n) is 13.9. The van der Waals surface area contributed by atoms with Gasteiger partial charge in [-0.25, -0.2) is 9.97 Å². The number of nitrogens with zero attached hydrogens (tertiary/aromatic N) is 2. The number of amides is 1. The standard InChI is InChI=1S/C18H24N4O2/c1-2-15(21-14-4-3-5-14)17(10-23)22-18(24)12-6-7-13-9-19-11-20-16(13)8-12/h6-9,11,14-15,17,21,23H,2-5,10H2,1H3,(H,22,24)/t15?,17-/m1/s1. The first-order valence-corrected chi connectivity index (χ1v) is 8.58. The van der Waals surface area contributed by atoms with Crippen LogP contribution in [0.15, 0.2) is 30.7 Å². The van der Waals surface area contributed by atoms with Crippen molar-refractivity contribution in [2.24, 2.45) is 0 Å². The molecular formula is C18H24N4O2. The molecule has 6 nitrogen and oxygen atoms in total. The van der Waals surface area contributed by atoms with Crippen LogP contribution in [-0.2, 0) is 0 Å². The van der Waals surface area contributed by atoms with E-state index in [0.717, 1.165) is 17.3 Å². The van der Waals surface area contributed by atoms with Gasteiger partial charge in [0.05, 0.1) is 18.2 Å². The number of benzene rings is 1. The molecule has 128 valence electrons. The van der Waals surface area contributed by atoms with Crippen LogP contribution in [0.25, 0.3) is 10.9 Å². The van der Waals surface area contributed by atoms with E-state index < -0.39 is 0 Å². The van der Waals surface area contributed by atoms with Crippen LogP contribution in [0.3, 0.4) is 0 Å². The second-order valence-electron chi connectivity index (χ2n) is 6.37. The van der Waals surface area contributed by atoms with Crippen LogP contribution >= 0.6 is 0 Å². The Morgan fingerprint density at radius 1 is 1.38 bits per heavy atom. The second kappa shape index (κ2) is 7.68. The van der Waals surface area contributed by atoms with Crippen LogP contribution in [-0.4, -0.2) is 45.7 Å². The summed E-state index contributed by atoms with van der Waals surface area (Å²) < 4.78 is 0. The molecule has 3 rings (SSSR count). The first-order valence-electron chi connectivity index (χ1n) is 8.58. The van der Waals surface area contributed by atoms with Crippen molar-refractivity contribution in [3.8, 4) is 0 Å². The Labute approximate surface area is 141 Å². The number of aliphatic hydroxyl groups is 1. The van der Waals surface area contributed by atoms with Crippen molar-refractivity contribution in [3.05, 3.63) is 36.3 Å². The van der Waals surface area contributed by atoms with Gasteiger partial charge in [-0.15, -0.1) is 0 Å². The van der Waals surface area contributed by atoms with E-state index in [9.17, 15) is 9.90 Å². The molecule has 0 bridgehead atoms. The molecule has 1 amide bonds. The smallest absolute Gasteiger partial charge is 0.251 e. The summed E-state index contributed by atoms with van der Waals surface area (Å²) in [5.74, 6) is -0.191. The lowest BCUT2D eigenvalue weighted by Gasteiger charge is -2.35. The highest BCUT2D eigenvalue weighted by Gasteiger charge is 2.26. The van der Waals surface area contributed by atoms with Gasteiger partial charge in [0, 0.05) is 29.2 Å². The molecule has 1 aromatic carbocycles. The molecule has 1 fully saturated rings. The van der Waals surface area contributed by atoms with Gasteiger partial charge < -0.3 is 15.7 Å². The van der Waals surface area contributed by atoms with Crippen molar-refractivity contribution >= 4 is 16.8 Å². The Bertz CT molecular complexity index is 702. The number of rotatable bonds is 7. The number of nitrogens with one attached hydrogen (secondary N) is 2. The van der Waals surface area contributed by atoms with Crippen molar-refractivity contribution in [2.75, 3.05) is 6.61 Å². The molecule has 2 atom stereocenters. The fourth-order valence-corrected chi connectivity index (χ4v) is 3.04. The van der Waals surface area contributed by atoms with Crippen LogP contribution in [0, 0.1) is 0 Å². The van der Waals surface area contributed by atoms with Crippen LogP contribution in [0.4, 0.5) is 0 Å². The fourth-order valence-electron chi connectivity index (χ4n) is 3.04. The molecule has 0 saturated heterocycles. The molecule has 0 aliphatic heterocycles. The third-order valence-electron chi connectivity index (χ3n) is 4.76. The summed E-state index contributed by atoms with van der Waals surface area (Å²) >= 11 is 0. The first-order chi connectivity index (χ1) is 11.7. The Balaban J connectivity index is 1.69. The summed E-state index contributed by atoms with van der Waals surface area (Å²) in [6, 6.07) is 5.63. The molecule has 1 heterocycles. The molecule has 1 unspecified atom stereocenters. The predicted octanol–water partition coefficient (Wildman–Crippen LogP) is 1.64. The van der Waals surface area contributed by atoms with E-state index in [2.05, 4.69) is 27.5 Å². The molecule has 1 aliphatic carbocycles. The van der Waals surface area contributed by atoms with Gasteiger partial charge in [0.1, 0.15) is 6.33 Å². The first kappa shape index (κ1) is 16.8. The van der Waals surface area contributed by atoms with Crippen molar-refractivity contribution in [3.63, 3.8) is 0 Å². The minimum atomic E-state index is -0.302. The highest BCUT2D eigenvalue weighted by Crippen LogP contribution is 2.20. The quantitative estimate of drug-likeness (QED) is 0.719. The minimum absolute atomic E-state index is 0.0760. The van der Waals surface area contributed by atoms with Crippen LogP contribution in [0.2, 0.25) is 0 Å². The molecule has 24 heavy (non-hydrogen) atoms. The number of carbonyl (C=O) groups is 1. The summed E-state index contributed by atoms with van der Waals surface area (Å²) in [6.45, 7) is 1.98. The van der Waals surface area contributed by atoms with Gasteiger partial charge in [-0.2, -0.15) is 0 Å². The molecular weight excluding hydrogens is 304 g/mol. The van der Waals surface area contributed by atoms with Crippen molar-refractivity contribution in [1.29, 1.82) is 0 Å². The van der Waals surface area contributed by atoms with Crippen LogP contribution < -0.4 is 10.6 Å². The summed E-state index contributed by atoms with van der Waals surface area (Å²) in [4.78, 5) is 20.7. The molecule has 0 radical (unpaired) electrons. The Morgan fingerprint density at radius 3 is 2.88 bits per heavy atom. The molecule has 6 heteroatoms. The summed E-state index contributed by atoms with van der Waals surface area (Å²) in [5.41, 5.74) is 1.27. The van der Waals surface area contributed by atoms with E-state index in [0.29, 0.717) is 11.6 Å². The Kier molecular flexibility index (Phi) is 5.37. The molecule has 1 saturated carbocycles. The SMILES string of the molecule is CCC(NC1CCC1)[C@@H](CO)NC(=O)c1ccc2cncnc2c1. The number of fused-ring (bicyclic) bond motifs is 1. The predicted molar refractivity (Wildman–Crippen MR) is 92.7 cm³/mol. The average molecular weight is 328 g/mol. The molecule has 1 aliphatic rings. The molecule has 3 N–H and O–H groups in total. The molecule has 0 spiro atoms. The van der Waals surface area contributed by atoms with Crippen molar-refractivity contribution < 1.29 is 9.90 Å². The largest absolute Gasteiger partial charge is 0.394 e. The van der Waals surface area contributed by atoms with E-state index in [1.54, 1.807) is 18.3 Å². The number of carbonyl (C=O) groups excluding carboxylic acids is 1. The van der Waals surface area contributed by atoms with E-state index in [4.69, 9.17) is 0 Å². The lowest BCUT2D eigenvalue weighted by Crippen LogP contribution is -2.55. The van der Waals surface area contributed by atoms with Crippen LogP contribution in [0.1, 0.15) is 43.0 Å². The maximum atomic E-state index is 12.6. The van der Waals surface area contributed by atoms with Gasteiger partial charge in [0.15, 0.2) is 0 Å². The van der Waals surface area contributed by atoms with Crippen molar-refractivity contribution in [2.45, 2.75) is 50.7 Å². The van der Waals surface area contributed by atoms with Crippen molar-refractivity contribution in [1.82, 2.24) is 20.6 Å². The van der Waals surface area contributed by atoms with Gasteiger partial charge in [0.2, 0.25) is 0 Å². The maximum absolute atomic E-state index is 12.6. The molecule has 1 aromatic heterocycles. The van der Waals surface area contributed by atoms with E-state index in [1.807, 2.05) is 6.07 Å². The molecule has 2 aromatic rings. The normalized spacial score (nSPS) is 17.2. The van der Waals surface area contributed by atoms with Crippen LogP contribution in [0.5, 0.6) is 0 Å². The third kappa shape index (κ3) is 3.71. The number of aliphatic hydroxyl groups excluding tert-OH is 1. The highest BCUT2D eigenvalue weighted by molar-refractivity contribution is 5.97. The van der Waals surface area contributed by atoms with Gasteiger partial charge in [-0.3, -0.25) is 4.79 Å². The summed E-state index contributed by atoms with van der Waals surface area (Å²) in [6.07, 6.45) is 7.64. The topological polar surface area (TPSA) is 87.1 Å². The zero-order chi connectivity index (χ0) is 16.9. The monoisotopic (exact) mass is 328 g/mol. The Hall–Kier alpha value is -2.05. The second-order valence-corrected chi connectivity index (χ2v) is 6.37. The Morgan fingerprint density at radius 2 is 2.21 bits per heavy atom. The van der Waals surface area contributed by atoms with Gasteiger partial charge in [-0.1, -0.05) is 19.4 Å². The fraction of sp³-hybridized carbons (Fsp3) is 0.500. The minimum Gasteiger partial charge on any atom is -0.394 e. The zero-order valence-corrected chi connectivity index (χ0v) is 13.9. The lowest BCUT2D eigenvalue weighted by atomic mass is 9.91. The van der Waals surface area contributed by atoms with Gasteiger partial charge in [-0.05, 0) is 31.4 Å². The van der Waals surface area contributed by atoms with E-state index in [1.165, 1.54) is 25.6 Å².